The van der Waals surface area contributed by atoms with Crippen LogP contribution in [0.15, 0.2) is 66.7 Å². The van der Waals surface area contributed by atoms with Gasteiger partial charge in [0.05, 0.1) is 17.7 Å². The highest BCUT2D eigenvalue weighted by atomic mass is 15.1. The van der Waals surface area contributed by atoms with Crippen LogP contribution in [0.5, 0.6) is 0 Å². The van der Waals surface area contributed by atoms with E-state index in [1.54, 1.807) is 0 Å². The smallest absolute Gasteiger partial charge is 0.0994 e. The molecule has 1 unspecified atom stereocenters. The first-order valence-electron chi connectivity index (χ1n) is 6.11. The molecule has 1 aromatic heterocycles. The van der Waals surface area contributed by atoms with Gasteiger partial charge in [-0.3, -0.25) is 0 Å². The maximum absolute atomic E-state index is 4.31. The van der Waals surface area contributed by atoms with Gasteiger partial charge in [-0.25, -0.2) is 4.98 Å². The molecule has 18 heavy (non-hydrogen) atoms. The molecule has 1 aromatic carbocycles. The molecule has 0 bridgehead atoms. The first-order chi connectivity index (χ1) is 8.93. The zero-order chi connectivity index (χ0) is 11.9. The van der Waals surface area contributed by atoms with E-state index < -0.39 is 0 Å². The monoisotopic (exact) mass is 232 g/mol. The van der Waals surface area contributed by atoms with E-state index >= 15 is 0 Å². The fraction of sp³-hybridized carbons (Fsp3) is 0.0625. The average Bonchev–Trinajstić information content (AvgIpc) is 2.84. The van der Waals surface area contributed by atoms with Crippen molar-refractivity contribution < 1.29 is 0 Å². The van der Waals surface area contributed by atoms with Crippen molar-refractivity contribution in [1.82, 2.24) is 9.55 Å². The molecule has 1 aliphatic heterocycles. The Kier molecular flexibility index (Phi) is 1.92. The Bertz CT molecular complexity index is 701. The third-order valence-electron chi connectivity index (χ3n) is 3.57. The highest BCUT2D eigenvalue weighted by molar-refractivity contribution is 5.69. The van der Waals surface area contributed by atoms with Crippen LogP contribution in [0.1, 0.15) is 17.2 Å². The summed E-state index contributed by atoms with van der Waals surface area (Å²) < 4.78 is 2.19. The SMILES string of the molecule is C1=CC2=Cc3ccccc3-n3cncc3C2C=C1. The summed E-state index contributed by atoms with van der Waals surface area (Å²) in [5, 5.41) is 0. The molecule has 0 N–H and O–H groups in total. The third-order valence-corrected chi connectivity index (χ3v) is 3.57. The van der Waals surface area contributed by atoms with Gasteiger partial charge in [-0.1, -0.05) is 42.5 Å². The molecule has 0 saturated heterocycles. The Morgan fingerprint density at radius 1 is 1.11 bits per heavy atom. The van der Waals surface area contributed by atoms with E-state index in [1.165, 1.54) is 22.5 Å². The molecule has 4 rings (SSSR count). The molecule has 0 saturated carbocycles. The Labute approximate surface area is 106 Å². The molecule has 1 aliphatic carbocycles. The number of benzene rings is 1. The van der Waals surface area contributed by atoms with Gasteiger partial charge in [0.25, 0.3) is 0 Å². The molecule has 2 heteroatoms. The van der Waals surface area contributed by atoms with Gasteiger partial charge < -0.3 is 4.57 Å². The molecule has 0 amide bonds. The van der Waals surface area contributed by atoms with Crippen molar-refractivity contribution in [3.8, 4) is 5.69 Å². The van der Waals surface area contributed by atoms with E-state index in [1.807, 2.05) is 12.5 Å². The number of para-hydroxylation sites is 1. The van der Waals surface area contributed by atoms with E-state index in [4.69, 9.17) is 0 Å². The number of allylic oxidation sites excluding steroid dienone is 5. The average molecular weight is 232 g/mol. The van der Waals surface area contributed by atoms with E-state index in [9.17, 15) is 0 Å². The summed E-state index contributed by atoms with van der Waals surface area (Å²) in [5.41, 5.74) is 5.00. The van der Waals surface area contributed by atoms with Crippen molar-refractivity contribution in [3.63, 3.8) is 0 Å². The number of nitrogens with zero attached hydrogens (tertiary/aromatic N) is 2. The lowest BCUT2D eigenvalue weighted by Crippen LogP contribution is -2.04. The van der Waals surface area contributed by atoms with E-state index in [-0.39, 0.29) is 0 Å². The molecular formula is C16H12N2. The predicted molar refractivity (Wildman–Crippen MR) is 72.6 cm³/mol. The lowest BCUT2D eigenvalue weighted by molar-refractivity contribution is 0.894. The number of imidazole rings is 1. The van der Waals surface area contributed by atoms with E-state index in [0.717, 1.165) is 0 Å². The Balaban J connectivity index is 2.08. The van der Waals surface area contributed by atoms with Gasteiger partial charge in [0, 0.05) is 12.1 Å². The molecule has 1 atom stereocenters. The van der Waals surface area contributed by atoms with Gasteiger partial charge in [0.2, 0.25) is 0 Å². The minimum Gasteiger partial charge on any atom is -0.302 e. The molecule has 0 spiro atoms. The van der Waals surface area contributed by atoms with Crippen molar-refractivity contribution in [2.75, 3.05) is 0 Å². The molecule has 2 aromatic rings. The predicted octanol–water partition coefficient (Wildman–Crippen LogP) is 3.48. The minimum atomic E-state index is 0.310. The van der Waals surface area contributed by atoms with Crippen LogP contribution in [-0.4, -0.2) is 9.55 Å². The number of aromatic nitrogens is 2. The quantitative estimate of drug-likeness (QED) is 0.680. The van der Waals surface area contributed by atoms with Crippen LogP contribution >= 0.6 is 0 Å². The number of hydrogen-bond donors (Lipinski definition) is 0. The second-order valence-electron chi connectivity index (χ2n) is 4.61. The maximum Gasteiger partial charge on any atom is 0.0994 e. The molecule has 0 fully saturated rings. The van der Waals surface area contributed by atoms with Crippen LogP contribution in [0.4, 0.5) is 0 Å². The summed E-state index contributed by atoms with van der Waals surface area (Å²) in [6, 6.07) is 8.44. The first-order valence-corrected chi connectivity index (χ1v) is 6.11. The summed E-state index contributed by atoms with van der Waals surface area (Å²) in [7, 11) is 0. The maximum atomic E-state index is 4.31. The molecule has 86 valence electrons. The normalized spacial score (nSPS) is 19.6. The second kappa shape index (κ2) is 3.57. The van der Waals surface area contributed by atoms with Crippen molar-refractivity contribution in [2.24, 2.45) is 0 Å². The second-order valence-corrected chi connectivity index (χ2v) is 4.61. The first kappa shape index (κ1) is 9.66. The molecule has 2 nitrogen and oxygen atoms in total. The molecule has 2 heterocycles. The Morgan fingerprint density at radius 3 is 3.06 bits per heavy atom. The Morgan fingerprint density at radius 2 is 2.06 bits per heavy atom. The molecule has 0 radical (unpaired) electrons. The zero-order valence-electron chi connectivity index (χ0n) is 9.82. The lowest BCUT2D eigenvalue weighted by Gasteiger charge is -2.16. The fourth-order valence-electron chi connectivity index (χ4n) is 2.71. The van der Waals surface area contributed by atoms with Crippen LogP contribution in [0.3, 0.4) is 0 Å². The van der Waals surface area contributed by atoms with E-state index in [0.29, 0.717) is 5.92 Å². The van der Waals surface area contributed by atoms with Gasteiger partial charge in [-0.15, -0.1) is 0 Å². The van der Waals surface area contributed by atoms with Crippen LogP contribution < -0.4 is 0 Å². The fourth-order valence-corrected chi connectivity index (χ4v) is 2.71. The van der Waals surface area contributed by atoms with Gasteiger partial charge in [0.15, 0.2) is 0 Å². The molecular weight excluding hydrogens is 220 g/mol. The summed E-state index contributed by atoms with van der Waals surface area (Å²) in [6.07, 6.45) is 14.7. The standard InChI is InChI=1S/C16H12N2/c1-3-7-14-12(5-1)9-13-6-2-4-8-15(13)18-11-17-10-16(14)18/h1-11,14H. The van der Waals surface area contributed by atoms with Gasteiger partial charge in [-0.05, 0) is 23.3 Å². The highest BCUT2D eigenvalue weighted by Gasteiger charge is 2.22. The van der Waals surface area contributed by atoms with E-state index in [2.05, 4.69) is 64.2 Å². The topological polar surface area (TPSA) is 17.8 Å². The van der Waals surface area contributed by atoms with Crippen LogP contribution in [0.2, 0.25) is 0 Å². The van der Waals surface area contributed by atoms with Crippen molar-refractivity contribution in [1.29, 1.82) is 0 Å². The number of fused-ring (bicyclic) bond motifs is 5. The van der Waals surface area contributed by atoms with Gasteiger partial charge >= 0.3 is 0 Å². The Hall–Kier alpha value is -2.35. The van der Waals surface area contributed by atoms with Crippen LogP contribution in [0, 0.1) is 0 Å². The van der Waals surface area contributed by atoms with Gasteiger partial charge in [-0.2, -0.15) is 0 Å². The highest BCUT2D eigenvalue weighted by Crippen LogP contribution is 2.36. The summed E-state index contributed by atoms with van der Waals surface area (Å²) >= 11 is 0. The van der Waals surface area contributed by atoms with Crippen molar-refractivity contribution >= 4 is 6.08 Å². The molecule has 2 aliphatic rings. The summed E-state index contributed by atoms with van der Waals surface area (Å²) in [6.45, 7) is 0. The summed E-state index contributed by atoms with van der Waals surface area (Å²) in [5.74, 6) is 0.310. The van der Waals surface area contributed by atoms with Crippen molar-refractivity contribution in [2.45, 2.75) is 5.92 Å². The van der Waals surface area contributed by atoms with Crippen molar-refractivity contribution in [3.05, 3.63) is 77.9 Å². The largest absolute Gasteiger partial charge is 0.302 e. The lowest BCUT2D eigenvalue weighted by atomic mass is 9.91. The zero-order valence-corrected chi connectivity index (χ0v) is 9.82. The van der Waals surface area contributed by atoms with Gasteiger partial charge in [0.1, 0.15) is 0 Å². The third kappa shape index (κ3) is 1.26. The minimum absolute atomic E-state index is 0.310. The van der Waals surface area contributed by atoms with Crippen LogP contribution in [-0.2, 0) is 0 Å². The number of rotatable bonds is 0. The summed E-state index contributed by atoms with van der Waals surface area (Å²) in [4.78, 5) is 4.31. The number of hydrogen-bond acceptors (Lipinski definition) is 1. The van der Waals surface area contributed by atoms with Crippen LogP contribution in [0.25, 0.3) is 11.8 Å².